The van der Waals surface area contributed by atoms with E-state index in [0.717, 1.165) is 0 Å². The normalized spacial score (nSPS) is 22.2. The summed E-state index contributed by atoms with van der Waals surface area (Å²) < 4.78 is 11.7. The van der Waals surface area contributed by atoms with E-state index < -0.39 is 30.0 Å². The van der Waals surface area contributed by atoms with Gasteiger partial charge in [0.15, 0.2) is 0 Å². The molecular weight excluding hydrogens is 342 g/mol. The van der Waals surface area contributed by atoms with E-state index >= 15 is 0 Å². The molecule has 0 aliphatic carbocycles. The standard InChI is InChI=1S/C17H19N3O6/c1-25-11-4-2-10(3-5-11)16(23)18-14-6-7-20(17(24)19-14)15-8-12(22)13(9-21)26-15/h2-7,12-13,15,21-22H,8-9H2,1H3,(H,18,19,23,24)/t12-,13?,15?/m1/s1. The second-order valence-electron chi connectivity index (χ2n) is 5.80. The van der Waals surface area contributed by atoms with E-state index in [9.17, 15) is 14.7 Å². The van der Waals surface area contributed by atoms with Gasteiger partial charge in [-0.1, -0.05) is 0 Å². The summed E-state index contributed by atoms with van der Waals surface area (Å²) in [6.45, 7) is -0.337. The first-order valence-corrected chi connectivity index (χ1v) is 8.01. The minimum absolute atomic E-state index is 0.101. The molecule has 9 nitrogen and oxygen atoms in total. The third-order valence-electron chi connectivity index (χ3n) is 4.12. The van der Waals surface area contributed by atoms with Crippen LogP contribution in [0.1, 0.15) is 23.0 Å². The fraction of sp³-hybridized carbons (Fsp3) is 0.353. The summed E-state index contributed by atoms with van der Waals surface area (Å²) in [7, 11) is 1.53. The molecule has 2 heterocycles. The Hall–Kier alpha value is -2.75. The number of aromatic nitrogens is 2. The van der Waals surface area contributed by atoms with Crippen molar-refractivity contribution in [1.82, 2.24) is 9.55 Å². The van der Waals surface area contributed by atoms with Crippen LogP contribution in [-0.2, 0) is 4.74 Å². The average molecular weight is 361 g/mol. The van der Waals surface area contributed by atoms with Crippen LogP contribution in [0, 0.1) is 0 Å². The number of carbonyl (C=O) groups excluding carboxylic acids is 1. The molecule has 1 aromatic carbocycles. The monoisotopic (exact) mass is 361 g/mol. The minimum Gasteiger partial charge on any atom is -0.497 e. The van der Waals surface area contributed by atoms with E-state index in [2.05, 4.69) is 10.3 Å². The number of amides is 1. The molecule has 138 valence electrons. The van der Waals surface area contributed by atoms with Crippen molar-refractivity contribution in [2.75, 3.05) is 19.0 Å². The Labute approximate surface area is 148 Å². The molecule has 9 heteroatoms. The summed E-state index contributed by atoms with van der Waals surface area (Å²) in [6.07, 6.45) is -0.707. The topological polar surface area (TPSA) is 123 Å². The molecule has 1 aromatic heterocycles. The highest BCUT2D eigenvalue weighted by molar-refractivity contribution is 6.03. The molecule has 0 spiro atoms. The number of nitrogens with zero attached hydrogens (tertiary/aromatic N) is 2. The molecule has 3 atom stereocenters. The maximum absolute atomic E-state index is 12.2. The number of methoxy groups -OCH3 is 1. The molecule has 1 aliphatic rings. The Morgan fingerprint density at radius 1 is 1.38 bits per heavy atom. The van der Waals surface area contributed by atoms with Crippen molar-refractivity contribution in [2.45, 2.75) is 24.9 Å². The van der Waals surface area contributed by atoms with Gasteiger partial charge in [0.05, 0.1) is 19.8 Å². The van der Waals surface area contributed by atoms with Crippen LogP contribution in [0.5, 0.6) is 5.75 Å². The highest BCUT2D eigenvalue weighted by Crippen LogP contribution is 2.27. The van der Waals surface area contributed by atoms with Crippen molar-refractivity contribution in [1.29, 1.82) is 0 Å². The van der Waals surface area contributed by atoms with Gasteiger partial charge in [0, 0.05) is 18.2 Å². The van der Waals surface area contributed by atoms with Gasteiger partial charge >= 0.3 is 5.69 Å². The van der Waals surface area contributed by atoms with Crippen LogP contribution in [0.4, 0.5) is 5.82 Å². The van der Waals surface area contributed by atoms with Crippen LogP contribution in [0.25, 0.3) is 0 Å². The zero-order chi connectivity index (χ0) is 18.7. The summed E-state index contributed by atoms with van der Waals surface area (Å²) in [6, 6.07) is 7.96. The molecule has 26 heavy (non-hydrogen) atoms. The lowest BCUT2D eigenvalue weighted by molar-refractivity contribution is -0.0458. The summed E-state index contributed by atoms with van der Waals surface area (Å²) in [5.74, 6) is 0.316. The third kappa shape index (κ3) is 3.74. The van der Waals surface area contributed by atoms with Crippen molar-refractivity contribution in [3.05, 3.63) is 52.6 Å². The number of carbonyl (C=O) groups is 1. The first-order valence-electron chi connectivity index (χ1n) is 8.01. The van der Waals surface area contributed by atoms with Gasteiger partial charge in [-0.25, -0.2) is 4.79 Å². The average Bonchev–Trinajstić information content (AvgIpc) is 3.02. The molecule has 1 amide bonds. The van der Waals surface area contributed by atoms with Crippen LogP contribution in [-0.4, -0.2) is 51.6 Å². The van der Waals surface area contributed by atoms with E-state index in [1.165, 1.54) is 23.9 Å². The number of rotatable bonds is 5. The Bertz CT molecular complexity index is 835. The molecule has 0 radical (unpaired) electrons. The predicted octanol–water partition coefficient (Wildman–Crippen LogP) is 0.145. The SMILES string of the molecule is COc1ccc(C(=O)Nc2ccn(C3C[C@@H](O)C(CO)O3)c(=O)n2)cc1. The molecule has 3 rings (SSSR count). The number of ether oxygens (including phenoxy) is 2. The fourth-order valence-electron chi connectivity index (χ4n) is 2.68. The van der Waals surface area contributed by atoms with E-state index in [1.54, 1.807) is 24.3 Å². The van der Waals surface area contributed by atoms with Gasteiger partial charge in [-0.2, -0.15) is 4.98 Å². The Morgan fingerprint density at radius 3 is 2.69 bits per heavy atom. The van der Waals surface area contributed by atoms with Crippen LogP contribution in [0.2, 0.25) is 0 Å². The molecule has 0 bridgehead atoms. The lowest BCUT2D eigenvalue weighted by Crippen LogP contribution is -2.28. The van der Waals surface area contributed by atoms with E-state index in [4.69, 9.17) is 14.6 Å². The Balaban J connectivity index is 1.71. The first-order chi connectivity index (χ1) is 12.5. The number of benzene rings is 1. The zero-order valence-electron chi connectivity index (χ0n) is 14.0. The highest BCUT2D eigenvalue weighted by atomic mass is 16.5. The Kier molecular flexibility index (Phi) is 5.31. The molecule has 2 unspecified atom stereocenters. The van der Waals surface area contributed by atoms with Crippen LogP contribution >= 0.6 is 0 Å². The van der Waals surface area contributed by atoms with Gasteiger partial charge in [-0.15, -0.1) is 0 Å². The smallest absolute Gasteiger partial charge is 0.351 e. The molecule has 1 saturated heterocycles. The van der Waals surface area contributed by atoms with Crippen molar-refractivity contribution in [2.24, 2.45) is 0 Å². The van der Waals surface area contributed by atoms with Gasteiger partial charge in [-0.3, -0.25) is 9.36 Å². The van der Waals surface area contributed by atoms with Gasteiger partial charge in [0.1, 0.15) is 23.9 Å². The quantitative estimate of drug-likeness (QED) is 0.692. The summed E-state index contributed by atoms with van der Waals surface area (Å²) in [4.78, 5) is 28.2. The van der Waals surface area contributed by atoms with Gasteiger partial charge < -0.3 is 25.0 Å². The van der Waals surface area contributed by atoms with E-state index in [-0.39, 0.29) is 18.8 Å². The van der Waals surface area contributed by atoms with Crippen molar-refractivity contribution >= 4 is 11.7 Å². The molecule has 0 saturated carbocycles. The zero-order valence-corrected chi connectivity index (χ0v) is 14.0. The number of hydrogen-bond donors (Lipinski definition) is 3. The third-order valence-corrected chi connectivity index (χ3v) is 4.12. The lowest BCUT2D eigenvalue weighted by atomic mass is 10.2. The maximum Gasteiger partial charge on any atom is 0.351 e. The Morgan fingerprint density at radius 2 is 2.12 bits per heavy atom. The number of hydrogen-bond acceptors (Lipinski definition) is 7. The second-order valence-corrected chi connectivity index (χ2v) is 5.80. The van der Waals surface area contributed by atoms with Gasteiger partial charge in [0.25, 0.3) is 5.91 Å². The van der Waals surface area contributed by atoms with Crippen molar-refractivity contribution in [3.8, 4) is 5.75 Å². The van der Waals surface area contributed by atoms with Crippen LogP contribution < -0.4 is 15.7 Å². The largest absolute Gasteiger partial charge is 0.497 e. The van der Waals surface area contributed by atoms with Crippen molar-refractivity contribution < 1.29 is 24.5 Å². The minimum atomic E-state index is -0.855. The van der Waals surface area contributed by atoms with Gasteiger partial charge in [-0.05, 0) is 30.3 Å². The summed E-state index contributed by atoms with van der Waals surface area (Å²) in [5, 5.41) is 21.4. The summed E-state index contributed by atoms with van der Waals surface area (Å²) in [5.41, 5.74) is -0.238. The number of aliphatic hydroxyl groups is 2. The molecule has 1 fully saturated rings. The van der Waals surface area contributed by atoms with Gasteiger partial charge in [0.2, 0.25) is 0 Å². The van der Waals surface area contributed by atoms with Crippen LogP contribution in [0.15, 0.2) is 41.3 Å². The highest BCUT2D eigenvalue weighted by Gasteiger charge is 2.34. The molecule has 1 aliphatic heterocycles. The lowest BCUT2D eigenvalue weighted by Gasteiger charge is -2.14. The van der Waals surface area contributed by atoms with E-state index in [0.29, 0.717) is 11.3 Å². The predicted molar refractivity (Wildman–Crippen MR) is 91.1 cm³/mol. The van der Waals surface area contributed by atoms with Crippen molar-refractivity contribution in [3.63, 3.8) is 0 Å². The first kappa shape index (κ1) is 18.1. The number of anilines is 1. The fourth-order valence-corrected chi connectivity index (χ4v) is 2.68. The van der Waals surface area contributed by atoms with E-state index in [1.807, 2.05) is 0 Å². The maximum atomic E-state index is 12.2. The van der Waals surface area contributed by atoms with Crippen LogP contribution in [0.3, 0.4) is 0 Å². The number of nitrogens with one attached hydrogen (secondary N) is 1. The number of aliphatic hydroxyl groups excluding tert-OH is 2. The second kappa shape index (κ2) is 7.65. The molecular formula is C17H19N3O6. The molecule has 2 aromatic rings. The molecule has 3 N–H and O–H groups in total. The summed E-state index contributed by atoms with van der Waals surface area (Å²) >= 11 is 0.